The summed E-state index contributed by atoms with van der Waals surface area (Å²) < 4.78 is 20.7. The predicted octanol–water partition coefficient (Wildman–Crippen LogP) is 6.82. The van der Waals surface area contributed by atoms with E-state index in [0.29, 0.717) is 12.8 Å². The highest BCUT2D eigenvalue weighted by Gasteiger charge is 2.31. The Kier molecular flexibility index (Phi) is 25.9. The molecule has 0 saturated heterocycles. The predicted molar refractivity (Wildman–Crippen MR) is 272 cm³/mol. The zero-order valence-corrected chi connectivity index (χ0v) is 43.2. The minimum Gasteiger partial charge on any atom is -0.467 e. The van der Waals surface area contributed by atoms with Gasteiger partial charge >= 0.3 is 24.1 Å². The van der Waals surface area contributed by atoms with Crippen LogP contribution < -0.4 is 31.9 Å². The molecule has 3 rings (SSSR count). The van der Waals surface area contributed by atoms with E-state index in [-0.39, 0.29) is 69.9 Å². The van der Waals surface area contributed by atoms with Gasteiger partial charge in [0.05, 0.1) is 13.7 Å². The number of nitrogens with one attached hydrogen (secondary N) is 6. The zero-order chi connectivity index (χ0) is 53.1. The summed E-state index contributed by atoms with van der Waals surface area (Å²) in [6, 6.07) is 19.5. The maximum Gasteiger partial charge on any atom is 0.407 e. The molecule has 6 N–H and O–H groups in total. The first-order chi connectivity index (χ1) is 34.3. The van der Waals surface area contributed by atoms with Crippen molar-refractivity contribution in [3.05, 3.63) is 95.6 Å². The Balaban J connectivity index is 1.77. The van der Waals surface area contributed by atoms with Gasteiger partial charge in [0, 0.05) is 25.1 Å². The third-order valence-corrected chi connectivity index (χ3v) is 11.0. The molecule has 0 aliphatic heterocycles. The average molecular weight is 1000 g/mol. The highest BCUT2D eigenvalue weighted by molar-refractivity contribution is 5.99. The molecule has 18 heteroatoms. The molecular formula is C54H76N6O12. The lowest BCUT2D eigenvalue weighted by Crippen LogP contribution is -2.57. The Labute approximate surface area is 424 Å². The average Bonchev–Trinajstić information content (AvgIpc) is 3.35. The molecule has 0 heterocycles. The smallest absolute Gasteiger partial charge is 0.407 e. The van der Waals surface area contributed by atoms with E-state index in [1.54, 1.807) is 32.9 Å². The summed E-state index contributed by atoms with van der Waals surface area (Å²) in [6.07, 6.45) is 2.61. The standard InChI is InChI=1S/C54H76N6O12/c1-9-10-17-38-22-24-40(25-23-38)41-26-28-42(29-27-41)48(63)58-43(20-14-15-32-55-52(67)71-35-39-18-12-11-13-19-39)50(65)59-44(30-31-46(61)70-34-36(2)3)49(64)57-37(4)47(62)60-45(51(66)69-8)21-16-33-56-53(68)72-54(5,6)7/h11-13,18-19,22-29,36-37,43-45H,9-10,14-17,20-21,30-35H2,1-8H3,(H,55,67)(H,56,68)(H,57,64)(H,58,63)(H,59,65)(H,60,62). The van der Waals surface area contributed by atoms with Crippen LogP contribution in [0.1, 0.15) is 128 Å². The van der Waals surface area contributed by atoms with Gasteiger partial charge in [-0.3, -0.25) is 24.0 Å². The van der Waals surface area contributed by atoms with E-state index in [4.69, 9.17) is 18.9 Å². The topological polar surface area (TPSA) is 246 Å². The third-order valence-electron chi connectivity index (χ3n) is 11.0. The van der Waals surface area contributed by atoms with Crippen molar-refractivity contribution in [2.24, 2.45) is 5.92 Å². The largest absolute Gasteiger partial charge is 0.467 e. The van der Waals surface area contributed by atoms with Crippen molar-refractivity contribution >= 4 is 47.8 Å². The van der Waals surface area contributed by atoms with Crippen LogP contribution in [-0.2, 0) is 55.9 Å². The van der Waals surface area contributed by atoms with Gasteiger partial charge in [0.15, 0.2) is 0 Å². The van der Waals surface area contributed by atoms with E-state index in [9.17, 15) is 38.4 Å². The molecule has 4 atom stereocenters. The molecule has 18 nitrogen and oxygen atoms in total. The quantitative estimate of drug-likeness (QED) is 0.0238. The summed E-state index contributed by atoms with van der Waals surface area (Å²) in [6.45, 7) is 13.0. The maximum atomic E-state index is 14.2. The molecular weight excluding hydrogens is 925 g/mol. The van der Waals surface area contributed by atoms with Crippen molar-refractivity contribution in [3.8, 4) is 11.1 Å². The van der Waals surface area contributed by atoms with E-state index in [1.807, 2.05) is 68.4 Å². The van der Waals surface area contributed by atoms with E-state index in [0.717, 1.165) is 43.1 Å². The molecule has 0 radical (unpaired) electrons. The van der Waals surface area contributed by atoms with E-state index in [1.165, 1.54) is 12.5 Å². The molecule has 4 unspecified atom stereocenters. The van der Waals surface area contributed by atoms with Crippen LogP contribution >= 0.6 is 0 Å². The Morgan fingerprint density at radius 3 is 1.79 bits per heavy atom. The lowest BCUT2D eigenvalue weighted by atomic mass is 10.0. The lowest BCUT2D eigenvalue weighted by molar-refractivity contribution is -0.145. The van der Waals surface area contributed by atoms with Crippen LogP contribution in [-0.4, -0.2) is 104 Å². The molecule has 0 aliphatic carbocycles. The Morgan fingerprint density at radius 1 is 0.583 bits per heavy atom. The van der Waals surface area contributed by atoms with E-state index in [2.05, 4.69) is 51.0 Å². The molecule has 0 spiro atoms. The number of rotatable bonds is 29. The van der Waals surface area contributed by atoms with E-state index < -0.39 is 77.5 Å². The van der Waals surface area contributed by atoms with Gasteiger partial charge in [-0.2, -0.15) is 0 Å². The molecule has 0 fully saturated rings. The number of aryl methyl sites for hydroxylation is 1. The minimum atomic E-state index is -1.39. The Bertz CT molecular complexity index is 2200. The Hall–Kier alpha value is -6.98. The maximum absolute atomic E-state index is 14.2. The number of hydrogen-bond donors (Lipinski definition) is 6. The second kappa shape index (κ2) is 31.4. The summed E-state index contributed by atoms with van der Waals surface area (Å²) in [5, 5.41) is 15.9. The highest BCUT2D eigenvalue weighted by Crippen LogP contribution is 2.22. The molecule has 0 aliphatic rings. The van der Waals surface area contributed by atoms with Gasteiger partial charge in [0.25, 0.3) is 5.91 Å². The van der Waals surface area contributed by atoms with Crippen molar-refractivity contribution < 1.29 is 57.3 Å². The molecule has 72 heavy (non-hydrogen) atoms. The molecule has 0 bridgehead atoms. The van der Waals surface area contributed by atoms with Gasteiger partial charge < -0.3 is 50.8 Å². The van der Waals surface area contributed by atoms with Crippen LogP contribution in [0.2, 0.25) is 0 Å². The van der Waals surface area contributed by atoms with Gasteiger partial charge in [-0.1, -0.05) is 93.9 Å². The first-order valence-electron chi connectivity index (χ1n) is 24.8. The van der Waals surface area contributed by atoms with Crippen LogP contribution in [0.25, 0.3) is 11.1 Å². The summed E-state index contributed by atoms with van der Waals surface area (Å²) >= 11 is 0. The number of unbranched alkanes of at least 4 members (excludes halogenated alkanes) is 2. The van der Waals surface area contributed by atoms with Crippen molar-refractivity contribution in [2.75, 3.05) is 26.8 Å². The fourth-order valence-corrected chi connectivity index (χ4v) is 7.02. The monoisotopic (exact) mass is 1000 g/mol. The van der Waals surface area contributed by atoms with Gasteiger partial charge in [0.1, 0.15) is 36.4 Å². The molecule has 0 saturated carbocycles. The molecule has 3 aromatic rings. The summed E-state index contributed by atoms with van der Waals surface area (Å²) in [5.41, 5.74) is 3.52. The fraction of sp³-hybridized carbons (Fsp3) is 0.519. The van der Waals surface area contributed by atoms with Crippen LogP contribution in [0.15, 0.2) is 78.9 Å². The number of ether oxygens (including phenoxy) is 4. The van der Waals surface area contributed by atoms with Crippen molar-refractivity contribution in [3.63, 3.8) is 0 Å². The fourth-order valence-electron chi connectivity index (χ4n) is 7.02. The second-order valence-corrected chi connectivity index (χ2v) is 19.0. The van der Waals surface area contributed by atoms with Crippen LogP contribution in [0.3, 0.4) is 0 Å². The van der Waals surface area contributed by atoms with Crippen LogP contribution in [0.4, 0.5) is 9.59 Å². The third kappa shape index (κ3) is 23.3. The SMILES string of the molecule is CCCCc1ccc(-c2ccc(C(=O)NC(CCCCNC(=O)OCc3ccccc3)C(=O)NC(CCC(=O)OCC(C)C)C(=O)NC(C)C(=O)NC(CCCNC(=O)OC(C)(C)C)C(=O)OC)cc2)cc1. The molecule has 0 aromatic heterocycles. The Morgan fingerprint density at radius 2 is 1.17 bits per heavy atom. The number of hydrogen-bond acceptors (Lipinski definition) is 12. The highest BCUT2D eigenvalue weighted by atomic mass is 16.6. The van der Waals surface area contributed by atoms with Gasteiger partial charge in [0.2, 0.25) is 17.7 Å². The summed E-state index contributed by atoms with van der Waals surface area (Å²) in [4.78, 5) is 105. The molecule has 3 aromatic carbocycles. The van der Waals surface area contributed by atoms with Gasteiger partial charge in [-0.05, 0) is 119 Å². The summed E-state index contributed by atoms with van der Waals surface area (Å²) in [5.74, 6) is -4.19. The number of alkyl carbamates (subject to hydrolysis) is 2. The zero-order valence-electron chi connectivity index (χ0n) is 43.2. The number of carbonyl (C=O) groups is 8. The number of amides is 6. The number of esters is 2. The van der Waals surface area contributed by atoms with E-state index >= 15 is 0 Å². The van der Waals surface area contributed by atoms with Crippen molar-refractivity contribution in [1.82, 2.24) is 31.9 Å². The van der Waals surface area contributed by atoms with Gasteiger partial charge in [-0.25, -0.2) is 14.4 Å². The number of benzene rings is 3. The minimum absolute atomic E-state index is 0.0414. The second-order valence-electron chi connectivity index (χ2n) is 19.0. The summed E-state index contributed by atoms with van der Waals surface area (Å²) in [7, 11) is 1.16. The number of carbonyl (C=O) groups excluding carboxylic acids is 8. The lowest BCUT2D eigenvalue weighted by Gasteiger charge is -2.25. The molecule has 394 valence electrons. The number of methoxy groups -OCH3 is 1. The van der Waals surface area contributed by atoms with Crippen LogP contribution in [0, 0.1) is 5.92 Å². The van der Waals surface area contributed by atoms with Crippen LogP contribution in [0.5, 0.6) is 0 Å². The first kappa shape index (κ1) is 59.3. The first-order valence-corrected chi connectivity index (χ1v) is 24.8. The molecule has 6 amide bonds. The van der Waals surface area contributed by atoms with Crippen molar-refractivity contribution in [1.29, 1.82) is 0 Å². The normalized spacial score (nSPS) is 12.7. The van der Waals surface area contributed by atoms with Gasteiger partial charge in [-0.15, -0.1) is 0 Å². The van der Waals surface area contributed by atoms with Crippen molar-refractivity contribution in [2.45, 2.75) is 149 Å².